The maximum atomic E-state index is 12.5. The van der Waals surface area contributed by atoms with Crippen molar-refractivity contribution in [2.45, 2.75) is 69.6 Å². The van der Waals surface area contributed by atoms with E-state index in [0.717, 1.165) is 57.1 Å². The lowest BCUT2D eigenvalue weighted by Gasteiger charge is -2.48. The molecule has 7 heteroatoms. The third-order valence-electron chi connectivity index (χ3n) is 6.67. The molecule has 1 aliphatic carbocycles. The summed E-state index contributed by atoms with van der Waals surface area (Å²) >= 11 is 11.9. The van der Waals surface area contributed by atoms with Crippen LogP contribution in [0.2, 0.25) is 10.0 Å². The molecule has 2 saturated heterocycles. The summed E-state index contributed by atoms with van der Waals surface area (Å²) in [6, 6.07) is 5.29. The van der Waals surface area contributed by atoms with Crippen LogP contribution in [0.5, 0.6) is 0 Å². The lowest BCUT2D eigenvalue weighted by atomic mass is 9.69. The number of benzene rings is 1. The highest BCUT2D eigenvalue weighted by Gasteiger charge is 2.52. The van der Waals surface area contributed by atoms with Crippen LogP contribution >= 0.6 is 23.2 Å². The number of nitrogens with zero attached hydrogens (tertiary/aromatic N) is 1. The van der Waals surface area contributed by atoms with Gasteiger partial charge in [-0.3, -0.25) is 4.79 Å². The van der Waals surface area contributed by atoms with Crippen molar-refractivity contribution in [3.63, 3.8) is 0 Å². The molecule has 1 spiro atoms. The van der Waals surface area contributed by atoms with E-state index >= 15 is 0 Å². The van der Waals surface area contributed by atoms with Crippen LogP contribution < -0.4 is 5.32 Å². The predicted octanol–water partition coefficient (Wildman–Crippen LogP) is 4.93. The molecule has 0 bridgehead atoms. The Hall–Kier alpha value is -1.46. The minimum atomic E-state index is -0.403. The molecular weight excluding hydrogens is 399 g/mol. The zero-order valence-electron chi connectivity index (χ0n) is 15.9. The van der Waals surface area contributed by atoms with E-state index in [1.165, 1.54) is 0 Å². The van der Waals surface area contributed by atoms with Gasteiger partial charge in [-0.15, -0.1) is 0 Å². The van der Waals surface area contributed by atoms with Gasteiger partial charge in [-0.25, -0.2) is 4.79 Å². The summed E-state index contributed by atoms with van der Waals surface area (Å²) in [6.45, 7) is 1.24. The average molecular weight is 425 g/mol. The average Bonchev–Trinajstić information content (AvgIpc) is 3.04. The fraction of sp³-hybridized carbons (Fsp3) is 0.619. The smallest absolute Gasteiger partial charge is 0.407 e. The highest BCUT2D eigenvalue weighted by molar-refractivity contribution is 6.42. The van der Waals surface area contributed by atoms with Gasteiger partial charge in [-0.05, 0) is 68.6 Å². The van der Waals surface area contributed by atoms with E-state index in [9.17, 15) is 9.59 Å². The Morgan fingerprint density at radius 2 is 2.07 bits per heavy atom. The normalized spacial score (nSPS) is 29.6. The number of carbonyl (C=O) groups excluding carboxylic acids is 2. The van der Waals surface area contributed by atoms with Crippen molar-refractivity contribution in [2.24, 2.45) is 5.92 Å². The quantitative estimate of drug-likeness (QED) is 0.747. The number of ether oxygens (including phenoxy) is 1. The fourth-order valence-corrected chi connectivity index (χ4v) is 5.69. The summed E-state index contributed by atoms with van der Waals surface area (Å²) in [7, 11) is 0. The van der Waals surface area contributed by atoms with Gasteiger partial charge >= 0.3 is 6.09 Å². The van der Waals surface area contributed by atoms with Gasteiger partial charge < -0.3 is 15.0 Å². The Morgan fingerprint density at radius 1 is 1.21 bits per heavy atom. The van der Waals surface area contributed by atoms with Gasteiger partial charge in [0.1, 0.15) is 6.10 Å². The zero-order valence-corrected chi connectivity index (χ0v) is 17.4. The third-order valence-corrected chi connectivity index (χ3v) is 7.41. The summed E-state index contributed by atoms with van der Waals surface area (Å²) in [4.78, 5) is 26.9. The highest BCUT2D eigenvalue weighted by Crippen LogP contribution is 2.49. The van der Waals surface area contributed by atoms with Crippen molar-refractivity contribution >= 4 is 35.2 Å². The van der Waals surface area contributed by atoms with Crippen molar-refractivity contribution < 1.29 is 14.3 Å². The lowest BCUT2D eigenvalue weighted by molar-refractivity contribution is -0.138. The van der Waals surface area contributed by atoms with Gasteiger partial charge in [0.2, 0.25) is 5.91 Å². The Bertz CT molecular complexity index is 772. The molecule has 2 heterocycles. The van der Waals surface area contributed by atoms with Crippen LogP contribution in [0.1, 0.15) is 56.9 Å². The van der Waals surface area contributed by atoms with Crippen LogP contribution in [-0.4, -0.2) is 35.1 Å². The maximum Gasteiger partial charge on any atom is 0.407 e. The number of nitrogens with one attached hydrogen (secondary N) is 1. The van der Waals surface area contributed by atoms with Crippen LogP contribution in [0.15, 0.2) is 18.2 Å². The van der Waals surface area contributed by atoms with Crippen molar-refractivity contribution in [2.75, 3.05) is 6.54 Å². The standard InChI is InChI=1S/C21H26Cl2N2O3/c22-17-6-5-14(11-18(17)23)13-24-20(27)28-16-7-9-21-8-2-10-25(21)19(26)4-1-3-15(21)12-16/h5-6,11,15-16H,1-4,7-10,12-13H2,(H,24,27)/t15-,16-,21+/m0/s1. The van der Waals surface area contributed by atoms with E-state index in [-0.39, 0.29) is 11.6 Å². The Labute approximate surface area is 175 Å². The molecule has 1 aromatic carbocycles. The monoisotopic (exact) mass is 424 g/mol. The molecule has 1 aromatic rings. The minimum Gasteiger partial charge on any atom is -0.446 e. The summed E-state index contributed by atoms with van der Waals surface area (Å²) in [6.07, 6.45) is 6.97. The molecule has 5 nitrogen and oxygen atoms in total. The zero-order chi connectivity index (χ0) is 19.7. The number of alkyl carbamates (subject to hydrolysis) is 1. The minimum absolute atomic E-state index is 0.0178. The summed E-state index contributed by atoms with van der Waals surface area (Å²) in [5.41, 5.74) is 0.891. The number of hydrogen-bond acceptors (Lipinski definition) is 3. The van der Waals surface area contributed by atoms with E-state index in [1.807, 2.05) is 6.07 Å². The predicted molar refractivity (Wildman–Crippen MR) is 108 cm³/mol. The van der Waals surface area contributed by atoms with Gasteiger partial charge in [0.25, 0.3) is 0 Å². The molecule has 1 saturated carbocycles. The van der Waals surface area contributed by atoms with E-state index < -0.39 is 6.09 Å². The molecule has 3 atom stereocenters. The molecule has 3 fully saturated rings. The molecule has 3 aliphatic rings. The van der Waals surface area contributed by atoms with E-state index in [1.54, 1.807) is 12.1 Å². The third kappa shape index (κ3) is 3.84. The Balaban J connectivity index is 1.33. The molecule has 28 heavy (non-hydrogen) atoms. The van der Waals surface area contributed by atoms with Crippen molar-refractivity contribution in [3.8, 4) is 0 Å². The topological polar surface area (TPSA) is 58.6 Å². The van der Waals surface area contributed by atoms with Crippen LogP contribution in [-0.2, 0) is 16.1 Å². The molecule has 0 radical (unpaired) electrons. The number of hydrogen-bond donors (Lipinski definition) is 1. The summed E-state index contributed by atoms with van der Waals surface area (Å²) in [5.74, 6) is 0.752. The molecule has 1 N–H and O–H groups in total. The molecule has 2 amide bonds. The second-order valence-corrected chi connectivity index (χ2v) is 9.06. The Morgan fingerprint density at radius 3 is 2.89 bits per heavy atom. The second kappa shape index (κ2) is 8.11. The fourth-order valence-electron chi connectivity index (χ4n) is 5.37. The highest BCUT2D eigenvalue weighted by atomic mass is 35.5. The first kappa shape index (κ1) is 19.8. The van der Waals surface area contributed by atoms with Crippen LogP contribution in [0.4, 0.5) is 4.79 Å². The number of amides is 2. The van der Waals surface area contributed by atoms with Crippen LogP contribution in [0.25, 0.3) is 0 Å². The first-order chi connectivity index (χ1) is 13.5. The van der Waals surface area contributed by atoms with Gasteiger partial charge in [0.05, 0.1) is 10.0 Å². The van der Waals surface area contributed by atoms with Crippen LogP contribution in [0, 0.1) is 5.92 Å². The van der Waals surface area contributed by atoms with Crippen molar-refractivity contribution in [1.29, 1.82) is 0 Å². The van der Waals surface area contributed by atoms with Gasteiger partial charge in [0, 0.05) is 25.0 Å². The number of halogens is 2. The van der Waals surface area contributed by atoms with Gasteiger partial charge in [-0.2, -0.15) is 0 Å². The van der Waals surface area contributed by atoms with E-state index in [2.05, 4.69) is 10.2 Å². The largest absolute Gasteiger partial charge is 0.446 e. The van der Waals surface area contributed by atoms with Crippen molar-refractivity contribution in [1.82, 2.24) is 10.2 Å². The second-order valence-electron chi connectivity index (χ2n) is 8.25. The van der Waals surface area contributed by atoms with Crippen LogP contribution in [0.3, 0.4) is 0 Å². The summed E-state index contributed by atoms with van der Waals surface area (Å²) in [5, 5.41) is 3.76. The molecule has 0 unspecified atom stereocenters. The SMILES string of the molecule is O=C(NCc1ccc(Cl)c(Cl)c1)O[C@H]1CC[C@@]23CCCN2C(=O)CCC[C@H]3C1. The van der Waals surface area contributed by atoms with Crippen molar-refractivity contribution in [3.05, 3.63) is 33.8 Å². The van der Waals surface area contributed by atoms with Gasteiger partial charge in [0.15, 0.2) is 0 Å². The maximum absolute atomic E-state index is 12.5. The molecule has 152 valence electrons. The summed E-state index contributed by atoms with van der Waals surface area (Å²) < 4.78 is 5.72. The lowest BCUT2D eigenvalue weighted by Crippen LogP contribution is -2.54. The van der Waals surface area contributed by atoms with Gasteiger partial charge in [-0.1, -0.05) is 29.3 Å². The molecular formula is C21H26Cl2N2O3. The molecule has 4 rings (SSSR count). The van der Waals surface area contributed by atoms with E-state index in [0.29, 0.717) is 34.8 Å². The number of rotatable bonds is 3. The van der Waals surface area contributed by atoms with E-state index in [4.69, 9.17) is 27.9 Å². The molecule has 0 aromatic heterocycles. The first-order valence-electron chi connectivity index (χ1n) is 10.2. The molecule has 2 aliphatic heterocycles. The number of carbonyl (C=O) groups is 2. The Kier molecular flexibility index (Phi) is 5.75. The first-order valence-corrected chi connectivity index (χ1v) is 10.9.